The normalized spacial score (nSPS) is 27.5. The van der Waals surface area contributed by atoms with Crippen LogP contribution in [-0.4, -0.2) is 36.5 Å². The van der Waals surface area contributed by atoms with E-state index < -0.39 is 0 Å². The number of carbonyl (C=O) groups is 2. The lowest BCUT2D eigenvalue weighted by atomic mass is 10.1. The lowest BCUT2D eigenvalue weighted by molar-refractivity contribution is -0.141. The SMILES string of the molecule is COC(=O)CCCN1C(=O)C2C=CC1C2. The van der Waals surface area contributed by atoms with E-state index in [1.165, 1.54) is 7.11 Å². The lowest BCUT2D eigenvalue weighted by Gasteiger charge is -2.23. The predicted octanol–water partition coefficient (Wildman–Crippen LogP) is 0.726. The van der Waals surface area contributed by atoms with Gasteiger partial charge in [-0.25, -0.2) is 0 Å². The zero-order valence-corrected chi connectivity index (χ0v) is 8.81. The molecule has 1 heterocycles. The second kappa shape index (κ2) is 4.04. The molecule has 0 aromatic carbocycles. The topological polar surface area (TPSA) is 46.6 Å². The molecule has 2 rings (SSSR count). The number of esters is 1. The highest BCUT2D eigenvalue weighted by molar-refractivity contribution is 5.85. The summed E-state index contributed by atoms with van der Waals surface area (Å²) < 4.78 is 4.55. The molecule has 15 heavy (non-hydrogen) atoms. The minimum Gasteiger partial charge on any atom is -0.469 e. The summed E-state index contributed by atoms with van der Waals surface area (Å²) in [5.41, 5.74) is 0. The first-order valence-electron chi connectivity index (χ1n) is 5.28. The molecule has 82 valence electrons. The molecule has 4 heteroatoms. The lowest BCUT2D eigenvalue weighted by Crippen LogP contribution is -2.35. The van der Waals surface area contributed by atoms with Crippen LogP contribution in [0.15, 0.2) is 12.2 Å². The van der Waals surface area contributed by atoms with Crippen LogP contribution in [0.1, 0.15) is 19.3 Å². The third-order valence-electron chi connectivity index (χ3n) is 3.07. The van der Waals surface area contributed by atoms with E-state index in [0.29, 0.717) is 19.4 Å². The molecule has 0 spiro atoms. The van der Waals surface area contributed by atoms with E-state index in [4.69, 9.17) is 0 Å². The van der Waals surface area contributed by atoms with Crippen molar-refractivity contribution in [3.8, 4) is 0 Å². The number of ether oxygens (including phenoxy) is 1. The molecule has 4 nitrogen and oxygen atoms in total. The molecule has 0 radical (unpaired) electrons. The van der Waals surface area contributed by atoms with Gasteiger partial charge in [0.25, 0.3) is 0 Å². The molecule has 0 N–H and O–H groups in total. The maximum atomic E-state index is 11.7. The fraction of sp³-hybridized carbons (Fsp3) is 0.636. The second-order valence-corrected chi connectivity index (χ2v) is 4.01. The summed E-state index contributed by atoms with van der Waals surface area (Å²) >= 11 is 0. The number of amides is 1. The van der Waals surface area contributed by atoms with Gasteiger partial charge in [0.05, 0.1) is 19.1 Å². The Bertz CT molecular complexity index is 311. The fourth-order valence-corrected chi connectivity index (χ4v) is 2.24. The van der Waals surface area contributed by atoms with Crippen molar-refractivity contribution >= 4 is 11.9 Å². The van der Waals surface area contributed by atoms with E-state index in [0.717, 1.165) is 6.42 Å². The summed E-state index contributed by atoms with van der Waals surface area (Å²) in [6.07, 6.45) is 6.09. The van der Waals surface area contributed by atoms with Gasteiger partial charge in [-0.2, -0.15) is 0 Å². The molecule has 0 saturated carbocycles. The van der Waals surface area contributed by atoms with Crippen molar-refractivity contribution in [3.63, 3.8) is 0 Å². The molecular formula is C11H15NO3. The van der Waals surface area contributed by atoms with Gasteiger partial charge < -0.3 is 9.64 Å². The average Bonchev–Trinajstić information content (AvgIpc) is 2.81. The molecule has 0 aromatic heterocycles. The van der Waals surface area contributed by atoms with Crippen molar-refractivity contribution in [1.29, 1.82) is 0 Å². The van der Waals surface area contributed by atoms with Gasteiger partial charge >= 0.3 is 5.97 Å². The number of hydrogen-bond donors (Lipinski definition) is 0. The third-order valence-corrected chi connectivity index (χ3v) is 3.07. The number of rotatable bonds is 4. The van der Waals surface area contributed by atoms with Crippen LogP contribution in [0, 0.1) is 5.92 Å². The van der Waals surface area contributed by atoms with Gasteiger partial charge in [0.15, 0.2) is 0 Å². The van der Waals surface area contributed by atoms with Gasteiger partial charge in [-0.15, -0.1) is 0 Å². The van der Waals surface area contributed by atoms with Gasteiger partial charge in [0, 0.05) is 13.0 Å². The zero-order valence-electron chi connectivity index (χ0n) is 8.81. The summed E-state index contributed by atoms with van der Waals surface area (Å²) in [7, 11) is 1.38. The van der Waals surface area contributed by atoms with Crippen molar-refractivity contribution < 1.29 is 14.3 Å². The van der Waals surface area contributed by atoms with Gasteiger partial charge in [-0.3, -0.25) is 9.59 Å². The summed E-state index contributed by atoms with van der Waals surface area (Å²) in [6, 6.07) is 0.278. The van der Waals surface area contributed by atoms with Gasteiger partial charge in [-0.05, 0) is 12.8 Å². The van der Waals surface area contributed by atoms with E-state index in [1.807, 2.05) is 11.0 Å². The minimum absolute atomic E-state index is 0.105. The van der Waals surface area contributed by atoms with E-state index in [2.05, 4.69) is 10.8 Å². The molecule has 0 aromatic rings. The highest BCUT2D eigenvalue weighted by Crippen LogP contribution is 2.32. The highest BCUT2D eigenvalue weighted by Gasteiger charge is 2.40. The third kappa shape index (κ3) is 1.89. The number of hydrogen-bond acceptors (Lipinski definition) is 3. The van der Waals surface area contributed by atoms with Crippen LogP contribution in [-0.2, 0) is 14.3 Å². The smallest absolute Gasteiger partial charge is 0.305 e. The number of methoxy groups -OCH3 is 1. The highest BCUT2D eigenvalue weighted by atomic mass is 16.5. The number of nitrogens with zero attached hydrogens (tertiary/aromatic N) is 1. The van der Waals surface area contributed by atoms with Crippen molar-refractivity contribution in [2.45, 2.75) is 25.3 Å². The van der Waals surface area contributed by atoms with Crippen LogP contribution in [0.5, 0.6) is 0 Å². The second-order valence-electron chi connectivity index (χ2n) is 4.01. The quantitative estimate of drug-likeness (QED) is 0.506. The maximum absolute atomic E-state index is 11.7. The maximum Gasteiger partial charge on any atom is 0.305 e. The fourth-order valence-electron chi connectivity index (χ4n) is 2.24. The molecule has 2 atom stereocenters. The predicted molar refractivity (Wildman–Crippen MR) is 54.0 cm³/mol. The van der Waals surface area contributed by atoms with Crippen molar-refractivity contribution in [1.82, 2.24) is 4.90 Å². The summed E-state index contributed by atoms with van der Waals surface area (Å²) in [4.78, 5) is 24.4. The molecule has 1 aliphatic carbocycles. The molecule has 1 aliphatic heterocycles. The number of carbonyl (C=O) groups excluding carboxylic acids is 2. The molecular weight excluding hydrogens is 194 g/mol. The van der Waals surface area contributed by atoms with Gasteiger partial charge in [0.1, 0.15) is 0 Å². The van der Waals surface area contributed by atoms with Gasteiger partial charge in [0.2, 0.25) is 5.91 Å². The molecule has 1 saturated heterocycles. The molecule has 2 bridgehead atoms. The largest absolute Gasteiger partial charge is 0.469 e. The summed E-state index contributed by atoms with van der Waals surface area (Å²) in [5.74, 6) is 0.114. The Morgan fingerprint density at radius 2 is 2.40 bits per heavy atom. The monoisotopic (exact) mass is 209 g/mol. The van der Waals surface area contributed by atoms with E-state index in [-0.39, 0.29) is 23.8 Å². The van der Waals surface area contributed by atoms with Crippen LogP contribution >= 0.6 is 0 Å². The number of fused-ring (bicyclic) bond motifs is 2. The zero-order chi connectivity index (χ0) is 10.8. The summed E-state index contributed by atoms with van der Waals surface area (Å²) in [6.45, 7) is 0.666. The van der Waals surface area contributed by atoms with Crippen molar-refractivity contribution in [3.05, 3.63) is 12.2 Å². The van der Waals surface area contributed by atoms with Crippen LogP contribution < -0.4 is 0 Å². The molecule has 1 amide bonds. The first-order valence-corrected chi connectivity index (χ1v) is 5.28. The Balaban J connectivity index is 1.79. The van der Waals surface area contributed by atoms with Crippen LogP contribution in [0.4, 0.5) is 0 Å². The Morgan fingerprint density at radius 3 is 3.00 bits per heavy atom. The summed E-state index contributed by atoms with van der Waals surface area (Å²) in [5, 5.41) is 0. The molecule has 1 fully saturated rings. The molecule has 2 unspecified atom stereocenters. The molecule has 2 aliphatic rings. The Kier molecular flexibility index (Phi) is 2.75. The van der Waals surface area contributed by atoms with Gasteiger partial charge in [-0.1, -0.05) is 12.2 Å². The van der Waals surface area contributed by atoms with E-state index in [1.54, 1.807) is 0 Å². The van der Waals surface area contributed by atoms with Crippen molar-refractivity contribution in [2.24, 2.45) is 5.92 Å². The Labute approximate surface area is 88.9 Å². The van der Waals surface area contributed by atoms with Crippen LogP contribution in [0.25, 0.3) is 0 Å². The Hall–Kier alpha value is -1.32. The number of likely N-dealkylation sites (tertiary alicyclic amines) is 1. The minimum atomic E-state index is -0.206. The first-order chi connectivity index (χ1) is 7.22. The van der Waals surface area contributed by atoms with E-state index in [9.17, 15) is 9.59 Å². The van der Waals surface area contributed by atoms with E-state index >= 15 is 0 Å². The first kappa shape index (κ1) is 10.2. The van der Waals surface area contributed by atoms with Crippen LogP contribution in [0.3, 0.4) is 0 Å². The van der Waals surface area contributed by atoms with Crippen LogP contribution in [0.2, 0.25) is 0 Å². The Morgan fingerprint density at radius 1 is 1.60 bits per heavy atom. The average molecular weight is 209 g/mol. The van der Waals surface area contributed by atoms with Crippen molar-refractivity contribution in [2.75, 3.05) is 13.7 Å². The standard InChI is InChI=1S/C11H15NO3/c1-15-10(13)3-2-6-12-9-5-4-8(7-9)11(12)14/h4-5,8-9H,2-3,6-7H2,1H3.